The van der Waals surface area contributed by atoms with Crippen molar-refractivity contribution >= 4 is 29.7 Å². The van der Waals surface area contributed by atoms with Crippen LogP contribution in [-0.2, 0) is 14.3 Å². The second-order valence-electron chi connectivity index (χ2n) is 12.4. The van der Waals surface area contributed by atoms with Gasteiger partial charge in [-0.1, -0.05) is 56.4 Å². The summed E-state index contributed by atoms with van der Waals surface area (Å²) < 4.78 is 5.49. The van der Waals surface area contributed by atoms with Crippen LogP contribution in [0.4, 0.5) is 4.79 Å². The minimum Gasteiger partial charge on any atom is -0.444 e. The predicted octanol–water partition coefficient (Wildman–Crippen LogP) is 6.70. The van der Waals surface area contributed by atoms with Crippen LogP contribution in [0, 0.1) is 13.8 Å². The van der Waals surface area contributed by atoms with Gasteiger partial charge in [0.25, 0.3) is 0 Å². The molecule has 0 aliphatic carbocycles. The zero-order valence-corrected chi connectivity index (χ0v) is 26.8. The molecular formula is C31H53N3O4S. The van der Waals surface area contributed by atoms with Gasteiger partial charge in [0.05, 0.1) is 0 Å². The highest BCUT2D eigenvalue weighted by molar-refractivity contribution is 7.98. The Morgan fingerprint density at radius 2 is 1.64 bits per heavy atom. The number of carbonyl (C=O) groups is 3. The first-order valence-corrected chi connectivity index (χ1v) is 15.7. The number of nitrogens with zero attached hydrogens (tertiary/aromatic N) is 1. The second kappa shape index (κ2) is 16.1. The number of ether oxygens (including phenoxy) is 1. The summed E-state index contributed by atoms with van der Waals surface area (Å²) in [6.07, 6.45) is 6.85. The zero-order chi connectivity index (χ0) is 29.8. The van der Waals surface area contributed by atoms with E-state index in [1.165, 1.54) is 0 Å². The number of unbranched alkanes of at least 4 members (excludes halogenated alkanes) is 4. The standard InChI is InChI=1S/C31H53N3O4S/c1-11-12-13-14-15-19-34(28(36)25(18-20-39-10)32-29(37)38-31(7,8)9)26(27(35)33-30(4,5)6)24-21-22(2)16-17-23(24)3/h16-17,21,25-26H,11-15,18-20H2,1-10H3,(H,32,37)(H,33,35). The number of amides is 3. The van der Waals surface area contributed by atoms with E-state index >= 15 is 0 Å². The Kier molecular flexibility index (Phi) is 14.4. The summed E-state index contributed by atoms with van der Waals surface area (Å²) in [5.74, 6) is 0.193. The minimum absolute atomic E-state index is 0.223. The number of aryl methyl sites for hydroxylation is 2. The van der Waals surface area contributed by atoms with Crippen LogP contribution in [0.3, 0.4) is 0 Å². The molecule has 8 heteroatoms. The second-order valence-corrected chi connectivity index (χ2v) is 13.4. The molecule has 2 atom stereocenters. The maximum atomic E-state index is 14.3. The molecule has 0 fully saturated rings. The van der Waals surface area contributed by atoms with Gasteiger partial charge in [-0.25, -0.2) is 4.79 Å². The van der Waals surface area contributed by atoms with E-state index in [4.69, 9.17) is 4.74 Å². The summed E-state index contributed by atoms with van der Waals surface area (Å²) >= 11 is 1.61. The van der Waals surface area contributed by atoms with Crippen molar-refractivity contribution in [1.82, 2.24) is 15.5 Å². The van der Waals surface area contributed by atoms with E-state index in [1.54, 1.807) is 37.4 Å². The lowest BCUT2D eigenvalue weighted by molar-refractivity contribution is -0.143. The molecule has 1 aromatic rings. The Hall–Kier alpha value is -2.22. The summed E-state index contributed by atoms with van der Waals surface area (Å²) in [6, 6.07) is 4.38. The molecule has 2 N–H and O–H groups in total. The fraction of sp³-hybridized carbons (Fsp3) is 0.710. The quantitative estimate of drug-likeness (QED) is 0.246. The van der Waals surface area contributed by atoms with Crippen LogP contribution in [-0.4, -0.2) is 58.5 Å². The first kappa shape index (κ1) is 34.8. The minimum atomic E-state index is -0.819. The number of nitrogens with one attached hydrogen (secondary N) is 2. The van der Waals surface area contributed by atoms with E-state index in [2.05, 4.69) is 17.6 Å². The third-order valence-electron chi connectivity index (χ3n) is 6.17. The Bertz CT molecular complexity index is 937. The molecule has 7 nitrogen and oxygen atoms in total. The lowest BCUT2D eigenvalue weighted by atomic mass is 9.94. The van der Waals surface area contributed by atoms with Gasteiger partial charge in [0.15, 0.2) is 0 Å². The van der Waals surface area contributed by atoms with Gasteiger partial charge < -0.3 is 20.3 Å². The van der Waals surface area contributed by atoms with Gasteiger partial charge in [0.1, 0.15) is 17.7 Å². The third-order valence-corrected chi connectivity index (χ3v) is 6.82. The number of hydrogen-bond donors (Lipinski definition) is 2. The smallest absolute Gasteiger partial charge is 0.408 e. The highest BCUT2D eigenvalue weighted by Gasteiger charge is 2.37. The van der Waals surface area contributed by atoms with E-state index in [9.17, 15) is 14.4 Å². The zero-order valence-electron chi connectivity index (χ0n) is 26.0. The van der Waals surface area contributed by atoms with Crippen LogP contribution >= 0.6 is 11.8 Å². The van der Waals surface area contributed by atoms with E-state index in [0.29, 0.717) is 18.7 Å². The number of carbonyl (C=O) groups excluding carboxylic acids is 3. The molecule has 2 unspecified atom stereocenters. The van der Waals surface area contributed by atoms with Crippen molar-refractivity contribution in [3.63, 3.8) is 0 Å². The number of benzene rings is 1. The van der Waals surface area contributed by atoms with Crippen LogP contribution < -0.4 is 10.6 Å². The maximum absolute atomic E-state index is 14.3. The number of rotatable bonds is 14. The average molecular weight is 564 g/mol. The fourth-order valence-corrected chi connectivity index (χ4v) is 4.81. The highest BCUT2D eigenvalue weighted by Crippen LogP contribution is 2.28. The molecule has 0 bridgehead atoms. The molecule has 0 aliphatic rings. The SMILES string of the molecule is CCCCCCCN(C(=O)C(CCSC)NC(=O)OC(C)(C)C)C(C(=O)NC(C)(C)C)c1cc(C)ccc1C. The number of alkyl carbamates (subject to hydrolysis) is 1. The molecule has 1 aromatic carbocycles. The molecule has 3 amide bonds. The van der Waals surface area contributed by atoms with Crippen molar-refractivity contribution in [2.75, 3.05) is 18.6 Å². The average Bonchev–Trinajstić information content (AvgIpc) is 2.80. The number of hydrogen-bond acceptors (Lipinski definition) is 5. The Morgan fingerprint density at radius 3 is 2.21 bits per heavy atom. The lowest BCUT2D eigenvalue weighted by Crippen LogP contribution is -2.55. The Labute approximate surface area is 241 Å². The van der Waals surface area contributed by atoms with Gasteiger partial charge in [-0.15, -0.1) is 0 Å². The van der Waals surface area contributed by atoms with E-state index in [0.717, 1.165) is 48.8 Å². The van der Waals surface area contributed by atoms with Crippen LogP contribution in [0.1, 0.15) is 110 Å². The summed E-state index contributed by atoms with van der Waals surface area (Å²) in [4.78, 5) is 42.7. The molecule has 0 aromatic heterocycles. The van der Waals surface area contributed by atoms with Gasteiger partial charge >= 0.3 is 6.09 Å². The van der Waals surface area contributed by atoms with Crippen LogP contribution in [0.5, 0.6) is 0 Å². The fourth-order valence-electron chi connectivity index (χ4n) is 4.34. The van der Waals surface area contributed by atoms with Crippen molar-refractivity contribution in [1.29, 1.82) is 0 Å². The summed E-state index contributed by atoms with van der Waals surface area (Å²) in [5.41, 5.74) is 1.60. The largest absolute Gasteiger partial charge is 0.444 e. The molecule has 0 heterocycles. The van der Waals surface area contributed by atoms with Crippen molar-refractivity contribution in [2.24, 2.45) is 0 Å². The van der Waals surface area contributed by atoms with Crippen molar-refractivity contribution in [3.05, 3.63) is 34.9 Å². The third kappa shape index (κ3) is 13.1. The van der Waals surface area contributed by atoms with Crippen molar-refractivity contribution < 1.29 is 19.1 Å². The van der Waals surface area contributed by atoms with Crippen molar-refractivity contribution in [3.8, 4) is 0 Å². The Balaban J connectivity index is 3.56. The summed E-state index contributed by atoms with van der Waals surface area (Å²) in [5, 5.41) is 5.94. The molecular weight excluding hydrogens is 510 g/mol. The first-order chi connectivity index (χ1) is 18.1. The van der Waals surface area contributed by atoms with E-state index in [1.807, 2.05) is 59.1 Å². The number of thioether (sulfide) groups is 1. The molecule has 0 saturated heterocycles. The highest BCUT2D eigenvalue weighted by atomic mass is 32.2. The van der Waals surface area contributed by atoms with Gasteiger partial charge in [-0.2, -0.15) is 11.8 Å². The lowest BCUT2D eigenvalue weighted by Gasteiger charge is -2.36. The normalized spacial score (nSPS) is 13.4. The van der Waals surface area contributed by atoms with E-state index in [-0.39, 0.29) is 11.8 Å². The topological polar surface area (TPSA) is 87.7 Å². The van der Waals surface area contributed by atoms with Crippen LogP contribution in [0.15, 0.2) is 18.2 Å². The molecule has 0 saturated carbocycles. The van der Waals surface area contributed by atoms with Gasteiger partial charge in [-0.05, 0) is 91.4 Å². The van der Waals surface area contributed by atoms with Crippen molar-refractivity contribution in [2.45, 2.75) is 124 Å². The van der Waals surface area contributed by atoms with Crippen LogP contribution in [0.25, 0.3) is 0 Å². The van der Waals surface area contributed by atoms with Crippen LogP contribution in [0.2, 0.25) is 0 Å². The first-order valence-electron chi connectivity index (χ1n) is 14.3. The maximum Gasteiger partial charge on any atom is 0.408 e. The summed E-state index contributed by atoms with van der Waals surface area (Å²) in [6.45, 7) is 17.7. The predicted molar refractivity (Wildman–Crippen MR) is 163 cm³/mol. The van der Waals surface area contributed by atoms with Gasteiger partial charge in [0.2, 0.25) is 11.8 Å². The summed E-state index contributed by atoms with van der Waals surface area (Å²) in [7, 11) is 0. The molecule has 1 rings (SSSR count). The molecule has 0 radical (unpaired) electrons. The monoisotopic (exact) mass is 563 g/mol. The molecule has 0 spiro atoms. The van der Waals surface area contributed by atoms with Gasteiger partial charge in [0, 0.05) is 12.1 Å². The van der Waals surface area contributed by atoms with Gasteiger partial charge in [-0.3, -0.25) is 9.59 Å². The molecule has 0 aliphatic heterocycles. The molecule has 39 heavy (non-hydrogen) atoms. The molecule has 222 valence electrons. The van der Waals surface area contributed by atoms with E-state index < -0.39 is 29.3 Å². The Morgan fingerprint density at radius 1 is 1.00 bits per heavy atom.